The second-order valence-electron chi connectivity index (χ2n) is 5.23. The highest BCUT2D eigenvalue weighted by Crippen LogP contribution is 2.32. The largest absolute Gasteiger partial charge is 0.425 e. The molecule has 0 saturated heterocycles. The van der Waals surface area contributed by atoms with E-state index in [0.717, 1.165) is 15.2 Å². The first-order chi connectivity index (χ1) is 8.39. The van der Waals surface area contributed by atoms with Crippen molar-refractivity contribution in [3.63, 3.8) is 0 Å². The second-order valence-corrected chi connectivity index (χ2v) is 6.08. The number of ether oxygens (including phenoxy) is 1. The molecule has 2 rings (SSSR count). The summed E-state index contributed by atoms with van der Waals surface area (Å²) < 4.78 is 6.48. The Morgan fingerprint density at radius 2 is 1.67 bits per heavy atom. The van der Waals surface area contributed by atoms with Crippen molar-refractivity contribution in [2.45, 2.75) is 20.8 Å². The van der Waals surface area contributed by atoms with Crippen LogP contribution in [0.25, 0.3) is 10.8 Å². The molecule has 0 saturated carbocycles. The second kappa shape index (κ2) is 4.73. The van der Waals surface area contributed by atoms with Gasteiger partial charge in [0.25, 0.3) is 0 Å². The molecule has 94 valence electrons. The summed E-state index contributed by atoms with van der Waals surface area (Å²) in [7, 11) is 0. The van der Waals surface area contributed by atoms with E-state index in [1.165, 1.54) is 0 Å². The monoisotopic (exact) mass is 306 g/mol. The SMILES string of the molecule is CC(C)(C)C(=O)Oc1ccc(Br)c2ccccc12. The Hall–Kier alpha value is -1.35. The number of hydrogen-bond donors (Lipinski definition) is 0. The molecule has 3 heteroatoms. The van der Waals surface area contributed by atoms with Gasteiger partial charge in [-0.2, -0.15) is 0 Å². The molecule has 0 aromatic heterocycles. The molecule has 0 atom stereocenters. The van der Waals surface area contributed by atoms with Crippen molar-refractivity contribution in [3.05, 3.63) is 40.9 Å². The van der Waals surface area contributed by atoms with Crippen LogP contribution in [0.4, 0.5) is 0 Å². The molecule has 18 heavy (non-hydrogen) atoms. The zero-order chi connectivity index (χ0) is 13.3. The molecular weight excluding hydrogens is 292 g/mol. The summed E-state index contributed by atoms with van der Waals surface area (Å²) in [6.45, 7) is 5.53. The van der Waals surface area contributed by atoms with E-state index in [1.807, 2.05) is 57.2 Å². The van der Waals surface area contributed by atoms with E-state index in [-0.39, 0.29) is 5.97 Å². The molecule has 0 heterocycles. The molecule has 0 aliphatic rings. The zero-order valence-corrected chi connectivity index (χ0v) is 12.2. The molecule has 0 fully saturated rings. The highest BCUT2D eigenvalue weighted by atomic mass is 79.9. The lowest BCUT2D eigenvalue weighted by atomic mass is 9.97. The van der Waals surface area contributed by atoms with Gasteiger partial charge in [0.1, 0.15) is 5.75 Å². The molecule has 2 nitrogen and oxygen atoms in total. The topological polar surface area (TPSA) is 26.3 Å². The van der Waals surface area contributed by atoms with Gasteiger partial charge in [-0.05, 0) is 38.3 Å². The first-order valence-electron chi connectivity index (χ1n) is 5.79. The Balaban J connectivity index is 2.47. The van der Waals surface area contributed by atoms with Gasteiger partial charge in [-0.25, -0.2) is 0 Å². The quantitative estimate of drug-likeness (QED) is 0.570. The number of halogens is 1. The Bertz CT molecular complexity index is 597. The summed E-state index contributed by atoms with van der Waals surface area (Å²) in [5.41, 5.74) is -0.506. The maximum Gasteiger partial charge on any atom is 0.316 e. The minimum Gasteiger partial charge on any atom is -0.425 e. The summed E-state index contributed by atoms with van der Waals surface area (Å²) in [4.78, 5) is 11.9. The van der Waals surface area contributed by atoms with Gasteiger partial charge in [-0.15, -0.1) is 0 Å². The van der Waals surface area contributed by atoms with Crippen LogP contribution in [0.15, 0.2) is 40.9 Å². The maximum absolute atomic E-state index is 11.9. The number of hydrogen-bond acceptors (Lipinski definition) is 2. The van der Waals surface area contributed by atoms with Crippen molar-refractivity contribution in [2.24, 2.45) is 5.41 Å². The predicted octanol–water partition coefficient (Wildman–Crippen LogP) is 4.55. The van der Waals surface area contributed by atoms with Crippen LogP contribution < -0.4 is 4.74 Å². The number of esters is 1. The third-order valence-corrected chi connectivity index (χ3v) is 3.34. The van der Waals surface area contributed by atoms with E-state index < -0.39 is 5.41 Å². The lowest BCUT2D eigenvalue weighted by Crippen LogP contribution is -2.25. The van der Waals surface area contributed by atoms with E-state index in [0.29, 0.717) is 5.75 Å². The number of carbonyl (C=O) groups excluding carboxylic acids is 1. The van der Waals surface area contributed by atoms with Gasteiger partial charge in [-0.3, -0.25) is 4.79 Å². The normalized spacial score (nSPS) is 11.6. The van der Waals surface area contributed by atoms with Crippen LogP contribution in [0.3, 0.4) is 0 Å². The Kier molecular flexibility index (Phi) is 3.44. The van der Waals surface area contributed by atoms with Gasteiger partial charge in [0.2, 0.25) is 0 Å². The highest BCUT2D eigenvalue weighted by molar-refractivity contribution is 9.10. The average molecular weight is 307 g/mol. The van der Waals surface area contributed by atoms with Gasteiger partial charge in [0, 0.05) is 9.86 Å². The van der Waals surface area contributed by atoms with E-state index in [2.05, 4.69) is 15.9 Å². The molecular formula is C15H15BrO2. The highest BCUT2D eigenvalue weighted by Gasteiger charge is 2.24. The maximum atomic E-state index is 11.9. The Morgan fingerprint density at radius 1 is 1.06 bits per heavy atom. The van der Waals surface area contributed by atoms with E-state index in [4.69, 9.17) is 4.74 Å². The summed E-state index contributed by atoms with van der Waals surface area (Å²) in [5.74, 6) is 0.378. The van der Waals surface area contributed by atoms with Crippen molar-refractivity contribution < 1.29 is 9.53 Å². The summed E-state index contributed by atoms with van der Waals surface area (Å²) >= 11 is 3.50. The van der Waals surface area contributed by atoms with Crippen molar-refractivity contribution in [1.29, 1.82) is 0 Å². The lowest BCUT2D eigenvalue weighted by Gasteiger charge is -2.17. The fourth-order valence-corrected chi connectivity index (χ4v) is 2.05. The fourth-order valence-electron chi connectivity index (χ4n) is 1.58. The smallest absolute Gasteiger partial charge is 0.316 e. The van der Waals surface area contributed by atoms with Crippen molar-refractivity contribution in [2.75, 3.05) is 0 Å². The minimum atomic E-state index is -0.506. The minimum absolute atomic E-state index is 0.227. The van der Waals surface area contributed by atoms with Crippen LogP contribution in [0.1, 0.15) is 20.8 Å². The first kappa shape index (κ1) is 13.1. The van der Waals surface area contributed by atoms with Crippen LogP contribution in [0, 0.1) is 5.41 Å². The molecule has 0 aliphatic heterocycles. The van der Waals surface area contributed by atoms with Crippen molar-refractivity contribution in [3.8, 4) is 5.75 Å². The van der Waals surface area contributed by atoms with Gasteiger partial charge >= 0.3 is 5.97 Å². The third-order valence-electron chi connectivity index (χ3n) is 2.65. The molecule has 0 bridgehead atoms. The Labute approximate surface area is 115 Å². The summed E-state index contributed by atoms with van der Waals surface area (Å²) in [5, 5.41) is 1.97. The van der Waals surface area contributed by atoms with Gasteiger partial charge in [0.05, 0.1) is 5.41 Å². The van der Waals surface area contributed by atoms with Gasteiger partial charge in [0.15, 0.2) is 0 Å². The van der Waals surface area contributed by atoms with Crippen LogP contribution in [0.5, 0.6) is 5.75 Å². The molecule has 2 aromatic rings. The van der Waals surface area contributed by atoms with E-state index in [1.54, 1.807) is 0 Å². The Morgan fingerprint density at radius 3 is 2.28 bits per heavy atom. The zero-order valence-electron chi connectivity index (χ0n) is 10.7. The standard InChI is InChI=1S/C15H15BrO2/c1-15(2,3)14(17)18-13-9-8-12(16)10-6-4-5-7-11(10)13/h4-9H,1-3H3. The van der Waals surface area contributed by atoms with E-state index >= 15 is 0 Å². The molecule has 0 N–H and O–H groups in total. The summed E-state index contributed by atoms with van der Waals surface area (Å²) in [6.07, 6.45) is 0. The van der Waals surface area contributed by atoms with E-state index in [9.17, 15) is 4.79 Å². The number of fused-ring (bicyclic) bond motifs is 1. The van der Waals surface area contributed by atoms with Crippen LogP contribution >= 0.6 is 15.9 Å². The molecule has 0 aliphatic carbocycles. The van der Waals surface area contributed by atoms with Gasteiger partial charge < -0.3 is 4.74 Å². The summed E-state index contributed by atoms with van der Waals surface area (Å²) in [6, 6.07) is 11.6. The van der Waals surface area contributed by atoms with Crippen LogP contribution in [-0.4, -0.2) is 5.97 Å². The molecule has 0 unspecified atom stereocenters. The van der Waals surface area contributed by atoms with Crippen LogP contribution in [0.2, 0.25) is 0 Å². The van der Waals surface area contributed by atoms with Crippen LogP contribution in [-0.2, 0) is 4.79 Å². The average Bonchev–Trinajstić information content (AvgIpc) is 2.32. The first-order valence-corrected chi connectivity index (χ1v) is 6.58. The number of benzene rings is 2. The molecule has 0 radical (unpaired) electrons. The lowest BCUT2D eigenvalue weighted by molar-refractivity contribution is -0.142. The predicted molar refractivity (Wildman–Crippen MR) is 76.7 cm³/mol. The number of carbonyl (C=O) groups is 1. The molecule has 0 amide bonds. The van der Waals surface area contributed by atoms with Crippen molar-refractivity contribution in [1.82, 2.24) is 0 Å². The third kappa shape index (κ3) is 2.56. The van der Waals surface area contributed by atoms with Gasteiger partial charge in [-0.1, -0.05) is 40.2 Å². The fraction of sp³-hybridized carbons (Fsp3) is 0.267. The van der Waals surface area contributed by atoms with Crippen molar-refractivity contribution >= 4 is 32.7 Å². The number of rotatable bonds is 1. The molecule has 2 aromatic carbocycles. The molecule has 0 spiro atoms.